The highest BCUT2D eigenvalue weighted by molar-refractivity contribution is 6.08. The van der Waals surface area contributed by atoms with Crippen molar-refractivity contribution in [3.63, 3.8) is 0 Å². The fourth-order valence-electron chi connectivity index (χ4n) is 2.13. The number of para-hydroxylation sites is 1. The highest BCUT2D eigenvalue weighted by Crippen LogP contribution is 2.26. The molecule has 122 valence electrons. The highest BCUT2D eigenvalue weighted by Gasteiger charge is 2.11. The molecule has 0 aliphatic rings. The fraction of sp³-hybridized carbons (Fsp3) is 0.150. The maximum atomic E-state index is 12.4. The average Bonchev–Trinajstić information content (AvgIpc) is 2.64. The highest BCUT2D eigenvalue weighted by atomic mass is 16.5. The molecule has 0 radical (unpaired) electrons. The second-order valence-corrected chi connectivity index (χ2v) is 4.79. The monoisotopic (exact) mass is 322 g/mol. The Morgan fingerprint density at radius 2 is 1.92 bits per heavy atom. The first-order valence-electron chi connectivity index (χ1n) is 7.29. The summed E-state index contributed by atoms with van der Waals surface area (Å²) in [6, 6.07) is 12.4. The largest absolute Gasteiger partial charge is 0.497 e. The van der Waals surface area contributed by atoms with Crippen molar-refractivity contribution >= 4 is 11.9 Å². The van der Waals surface area contributed by atoms with Crippen molar-refractivity contribution in [2.24, 2.45) is 0 Å². The van der Waals surface area contributed by atoms with E-state index in [0.717, 1.165) is 5.56 Å². The van der Waals surface area contributed by atoms with Crippen LogP contribution in [-0.2, 0) is 0 Å². The van der Waals surface area contributed by atoms with Gasteiger partial charge in [-0.15, -0.1) is 6.42 Å². The zero-order valence-corrected chi connectivity index (χ0v) is 13.6. The number of carbonyl (C=O) groups is 1. The van der Waals surface area contributed by atoms with Gasteiger partial charge in [0, 0.05) is 11.6 Å². The van der Waals surface area contributed by atoms with Crippen LogP contribution >= 0.6 is 0 Å². The first-order chi connectivity index (χ1) is 11.7. The number of rotatable bonds is 7. The number of hydrogen-bond donors (Lipinski definition) is 0. The first kappa shape index (κ1) is 17.2. The minimum Gasteiger partial charge on any atom is -0.497 e. The summed E-state index contributed by atoms with van der Waals surface area (Å²) in [5, 5.41) is 0. The third-order valence-electron chi connectivity index (χ3n) is 3.32. The van der Waals surface area contributed by atoms with Crippen LogP contribution in [0.1, 0.15) is 15.9 Å². The second kappa shape index (κ2) is 8.44. The predicted octanol–water partition coefficient (Wildman–Crippen LogP) is 3.61. The molecule has 0 saturated heterocycles. The average molecular weight is 322 g/mol. The molecule has 0 aliphatic heterocycles. The van der Waals surface area contributed by atoms with Crippen molar-refractivity contribution in [2.45, 2.75) is 0 Å². The van der Waals surface area contributed by atoms with Gasteiger partial charge in [-0.1, -0.05) is 24.1 Å². The van der Waals surface area contributed by atoms with Crippen molar-refractivity contribution in [3.8, 4) is 29.6 Å². The third kappa shape index (κ3) is 4.17. The van der Waals surface area contributed by atoms with Gasteiger partial charge in [-0.2, -0.15) is 0 Å². The van der Waals surface area contributed by atoms with Gasteiger partial charge in [-0.25, -0.2) is 0 Å². The molecule has 0 bridgehead atoms. The summed E-state index contributed by atoms with van der Waals surface area (Å²) >= 11 is 0. The summed E-state index contributed by atoms with van der Waals surface area (Å²) in [4.78, 5) is 12.4. The van der Waals surface area contributed by atoms with Crippen LogP contribution in [0.2, 0.25) is 0 Å². The van der Waals surface area contributed by atoms with Gasteiger partial charge in [0.05, 0.1) is 19.8 Å². The minimum absolute atomic E-state index is 0.172. The maximum Gasteiger partial charge on any atom is 0.189 e. The number of methoxy groups -OCH3 is 2. The summed E-state index contributed by atoms with van der Waals surface area (Å²) in [7, 11) is 3.07. The first-order valence-corrected chi connectivity index (χ1v) is 7.29. The van der Waals surface area contributed by atoms with E-state index in [4.69, 9.17) is 20.6 Å². The summed E-state index contributed by atoms with van der Waals surface area (Å²) in [5.41, 5.74) is 1.23. The zero-order chi connectivity index (χ0) is 17.4. The van der Waals surface area contributed by atoms with E-state index in [9.17, 15) is 4.79 Å². The molecule has 0 aromatic heterocycles. The molecule has 0 aliphatic carbocycles. The lowest BCUT2D eigenvalue weighted by Crippen LogP contribution is -2.00. The summed E-state index contributed by atoms with van der Waals surface area (Å²) in [6.07, 6.45) is 8.38. The second-order valence-electron chi connectivity index (χ2n) is 4.79. The quantitative estimate of drug-likeness (QED) is 0.444. The van der Waals surface area contributed by atoms with Crippen LogP contribution in [0.4, 0.5) is 0 Å². The van der Waals surface area contributed by atoms with Crippen molar-refractivity contribution in [3.05, 3.63) is 59.7 Å². The molecule has 2 rings (SSSR count). The van der Waals surface area contributed by atoms with E-state index in [2.05, 4.69) is 5.92 Å². The molecule has 0 amide bonds. The molecule has 2 aromatic rings. The van der Waals surface area contributed by atoms with Gasteiger partial charge >= 0.3 is 0 Å². The van der Waals surface area contributed by atoms with Gasteiger partial charge in [0.1, 0.15) is 23.9 Å². The normalized spacial score (nSPS) is 10.2. The smallest absolute Gasteiger partial charge is 0.189 e. The molecular formula is C20H18O4. The number of allylic oxidation sites excluding steroid dienone is 1. The Labute approximate surface area is 141 Å². The van der Waals surface area contributed by atoms with Gasteiger partial charge < -0.3 is 14.2 Å². The van der Waals surface area contributed by atoms with E-state index in [1.807, 2.05) is 18.2 Å². The van der Waals surface area contributed by atoms with Crippen LogP contribution in [0, 0.1) is 12.3 Å². The van der Waals surface area contributed by atoms with Gasteiger partial charge in [0.25, 0.3) is 0 Å². The molecule has 0 fully saturated rings. The zero-order valence-electron chi connectivity index (χ0n) is 13.6. The van der Waals surface area contributed by atoms with E-state index < -0.39 is 0 Å². The van der Waals surface area contributed by atoms with E-state index in [-0.39, 0.29) is 12.4 Å². The fourth-order valence-corrected chi connectivity index (χ4v) is 2.13. The van der Waals surface area contributed by atoms with Crippen molar-refractivity contribution in [1.29, 1.82) is 0 Å². The number of terminal acetylenes is 1. The van der Waals surface area contributed by atoms with Crippen LogP contribution in [0.5, 0.6) is 17.2 Å². The Bertz CT molecular complexity index is 784. The minimum atomic E-state index is -0.179. The van der Waals surface area contributed by atoms with E-state index in [0.29, 0.717) is 22.8 Å². The molecule has 0 spiro atoms. The molecule has 4 heteroatoms. The molecule has 0 saturated carbocycles. The standard InChI is InChI=1S/C20H18O4/c1-4-13-24-19-8-6-5-7-15(19)9-12-18(21)17-11-10-16(22-2)14-20(17)23-3/h1,5-12,14H,13H2,2-3H3/b12-9+. The summed E-state index contributed by atoms with van der Waals surface area (Å²) in [5.74, 6) is 3.95. The van der Waals surface area contributed by atoms with Crippen LogP contribution in [0.25, 0.3) is 6.08 Å². The van der Waals surface area contributed by atoms with Crippen molar-refractivity contribution in [2.75, 3.05) is 20.8 Å². The Hall–Kier alpha value is -3.19. The van der Waals surface area contributed by atoms with Crippen LogP contribution in [-0.4, -0.2) is 26.6 Å². The van der Waals surface area contributed by atoms with Crippen molar-refractivity contribution in [1.82, 2.24) is 0 Å². The molecular weight excluding hydrogens is 304 g/mol. The van der Waals surface area contributed by atoms with E-state index >= 15 is 0 Å². The Morgan fingerprint density at radius 3 is 2.62 bits per heavy atom. The van der Waals surface area contributed by atoms with E-state index in [1.165, 1.54) is 13.2 Å². The SMILES string of the molecule is C#CCOc1ccccc1/C=C/C(=O)c1ccc(OC)cc1OC. The Balaban J connectivity index is 2.24. The van der Waals surface area contributed by atoms with Gasteiger partial charge in [0.15, 0.2) is 5.78 Å². The molecule has 0 N–H and O–H groups in total. The lowest BCUT2D eigenvalue weighted by Gasteiger charge is -2.08. The summed E-state index contributed by atoms with van der Waals surface area (Å²) in [6.45, 7) is 0.172. The molecule has 0 atom stereocenters. The lowest BCUT2D eigenvalue weighted by atomic mass is 10.1. The predicted molar refractivity (Wildman–Crippen MR) is 93.7 cm³/mol. The van der Waals surface area contributed by atoms with E-state index in [1.54, 1.807) is 37.5 Å². The molecule has 4 nitrogen and oxygen atoms in total. The third-order valence-corrected chi connectivity index (χ3v) is 3.32. The lowest BCUT2D eigenvalue weighted by molar-refractivity contribution is 0.104. The molecule has 0 heterocycles. The topological polar surface area (TPSA) is 44.8 Å². The van der Waals surface area contributed by atoms with Crippen LogP contribution in [0.15, 0.2) is 48.5 Å². The van der Waals surface area contributed by atoms with Crippen LogP contribution < -0.4 is 14.2 Å². The van der Waals surface area contributed by atoms with Gasteiger partial charge in [-0.3, -0.25) is 4.79 Å². The number of hydrogen-bond acceptors (Lipinski definition) is 4. The van der Waals surface area contributed by atoms with Gasteiger partial charge in [0.2, 0.25) is 0 Å². The number of ether oxygens (including phenoxy) is 3. The van der Waals surface area contributed by atoms with Crippen LogP contribution in [0.3, 0.4) is 0 Å². The Kier molecular flexibility index (Phi) is 6.04. The van der Waals surface area contributed by atoms with Gasteiger partial charge in [-0.05, 0) is 30.4 Å². The number of ketones is 1. The van der Waals surface area contributed by atoms with Crippen molar-refractivity contribution < 1.29 is 19.0 Å². The Morgan fingerprint density at radius 1 is 1.12 bits per heavy atom. The molecule has 24 heavy (non-hydrogen) atoms. The summed E-state index contributed by atoms with van der Waals surface area (Å²) < 4.78 is 15.8. The number of benzene rings is 2. The molecule has 0 unspecified atom stereocenters. The maximum absolute atomic E-state index is 12.4. The number of carbonyl (C=O) groups excluding carboxylic acids is 1. The molecule has 2 aromatic carbocycles.